The summed E-state index contributed by atoms with van der Waals surface area (Å²) in [6.45, 7) is -0.0927. The zero-order chi connectivity index (χ0) is 15.1. The summed E-state index contributed by atoms with van der Waals surface area (Å²) in [5.74, 6) is -0.891. The lowest BCUT2D eigenvalue weighted by Gasteiger charge is -2.12. The molecule has 1 unspecified atom stereocenters. The van der Waals surface area contributed by atoms with Gasteiger partial charge >= 0.3 is 5.97 Å². The number of ether oxygens (including phenoxy) is 1. The molecular weight excluding hydrogens is 269 g/mol. The number of halogens is 1. The van der Waals surface area contributed by atoms with E-state index in [9.17, 15) is 9.18 Å². The Morgan fingerprint density at radius 1 is 1.10 bits per heavy atom. The number of carbonyl (C=O) groups is 1. The van der Waals surface area contributed by atoms with Crippen molar-refractivity contribution in [3.63, 3.8) is 0 Å². The van der Waals surface area contributed by atoms with Gasteiger partial charge in [-0.1, -0.05) is 48.5 Å². The molecule has 0 aliphatic rings. The lowest BCUT2D eigenvalue weighted by atomic mass is 10.1. The number of hydrogen-bond donors (Lipinski definition) is 1. The van der Waals surface area contributed by atoms with Crippen LogP contribution in [0.5, 0.6) is 0 Å². The van der Waals surface area contributed by atoms with E-state index in [1.54, 1.807) is 18.2 Å². The summed E-state index contributed by atoms with van der Waals surface area (Å²) in [5, 5.41) is 0. The molecule has 0 aliphatic carbocycles. The van der Waals surface area contributed by atoms with Gasteiger partial charge in [-0.2, -0.15) is 0 Å². The Kier molecular flexibility index (Phi) is 5.46. The molecule has 0 radical (unpaired) electrons. The monoisotopic (exact) mass is 287 g/mol. The Morgan fingerprint density at radius 3 is 2.48 bits per heavy atom. The highest BCUT2D eigenvalue weighted by Gasteiger charge is 2.15. The van der Waals surface area contributed by atoms with E-state index in [4.69, 9.17) is 10.5 Å². The van der Waals surface area contributed by atoms with Gasteiger partial charge in [0.25, 0.3) is 0 Å². The zero-order valence-electron chi connectivity index (χ0n) is 11.7. The van der Waals surface area contributed by atoms with Gasteiger partial charge < -0.3 is 10.5 Å². The first-order valence-corrected chi connectivity index (χ1v) is 6.86. The van der Waals surface area contributed by atoms with Crippen molar-refractivity contribution in [2.75, 3.05) is 0 Å². The summed E-state index contributed by atoms with van der Waals surface area (Å²) in [6, 6.07) is 15.3. The van der Waals surface area contributed by atoms with E-state index >= 15 is 0 Å². The van der Waals surface area contributed by atoms with E-state index in [-0.39, 0.29) is 12.4 Å². The van der Waals surface area contributed by atoms with Gasteiger partial charge in [0, 0.05) is 5.56 Å². The second-order valence-corrected chi connectivity index (χ2v) is 4.83. The van der Waals surface area contributed by atoms with Gasteiger partial charge in [0.1, 0.15) is 18.5 Å². The Bertz CT molecular complexity index is 586. The Balaban J connectivity index is 1.79. The fraction of sp³-hybridized carbons (Fsp3) is 0.235. The van der Waals surface area contributed by atoms with Crippen molar-refractivity contribution in [1.82, 2.24) is 0 Å². The number of aryl methyl sites for hydroxylation is 1. The number of hydrogen-bond acceptors (Lipinski definition) is 3. The minimum absolute atomic E-state index is 0.0927. The summed E-state index contributed by atoms with van der Waals surface area (Å²) in [4.78, 5) is 11.8. The first kappa shape index (κ1) is 15.2. The van der Waals surface area contributed by atoms with E-state index in [1.165, 1.54) is 6.07 Å². The predicted molar refractivity (Wildman–Crippen MR) is 78.9 cm³/mol. The van der Waals surface area contributed by atoms with Crippen LogP contribution in [-0.4, -0.2) is 12.0 Å². The Hall–Kier alpha value is -2.20. The molecule has 2 N–H and O–H groups in total. The highest BCUT2D eigenvalue weighted by atomic mass is 19.1. The lowest BCUT2D eigenvalue weighted by molar-refractivity contribution is -0.146. The number of esters is 1. The van der Waals surface area contributed by atoms with Crippen molar-refractivity contribution in [2.45, 2.75) is 25.5 Å². The molecule has 2 aromatic carbocycles. The van der Waals surface area contributed by atoms with Crippen LogP contribution < -0.4 is 5.73 Å². The van der Waals surface area contributed by atoms with Crippen molar-refractivity contribution in [3.05, 3.63) is 71.5 Å². The molecular formula is C17H18FNO2. The molecule has 0 spiro atoms. The second-order valence-electron chi connectivity index (χ2n) is 4.83. The van der Waals surface area contributed by atoms with Crippen LogP contribution in [0.1, 0.15) is 17.5 Å². The minimum Gasteiger partial charge on any atom is -0.460 e. The van der Waals surface area contributed by atoms with E-state index < -0.39 is 12.0 Å². The molecule has 0 aromatic heterocycles. The number of rotatable bonds is 6. The maximum atomic E-state index is 13.4. The Morgan fingerprint density at radius 2 is 1.76 bits per heavy atom. The molecule has 0 amide bonds. The molecule has 2 aromatic rings. The van der Waals surface area contributed by atoms with Crippen LogP contribution in [0.2, 0.25) is 0 Å². The topological polar surface area (TPSA) is 52.3 Å². The van der Waals surface area contributed by atoms with Crippen molar-refractivity contribution >= 4 is 5.97 Å². The van der Waals surface area contributed by atoms with E-state index in [2.05, 4.69) is 0 Å². The third-order valence-corrected chi connectivity index (χ3v) is 3.22. The molecule has 21 heavy (non-hydrogen) atoms. The van der Waals surface area contributed by atoms with Crippen molar-refractivity contribution in [3.8, 4) is 0 Å². The summed E-state index contributed by atoms with van der Waals surface area (Å²) >= 11 is 0. The van der Waals surface area contributed by atoms with Crippen molar-refractivity contribution in [1.29, 1.82) is 0 Å². The van der Waals surface area contributed by atoms with Crippen molar-refractivity contribution in [2.24, 2.45) is 5.73 Å². The highest BCUT2D eigenvalue weighted by molar-refractivity contribution is 5.75. The van der Waals surface area contributed by atoms with Crippen LogP contribution in [0.4, 0.5) is 4.39 Å². The molecule has 110 valence electrons. The molecule has 0 aliphatic heterocycles. The third-order valence-electron chi connectivity index (χ3n) is 3.22. The third kappa shape index (κ3) is 4.68. The number of nitrogens with two attached hydrogens (primary N) is 1. The normalized spacial score (nSPS) is 11.9. The van der Waals surface area contributed by atoms with Crippen LogP contribution in [-0.2, 0) is 22.6 Å². The molecule has 4 heteroatoms. The molecule has 0 heterocycles. The molecule has 3 nitrogen and oxygen atoms in total. The van der Waals surface area contributed by atoms with Crippen LogP contribution in [0.25, 0.3) is 0 Å². The highest BCUT2D eigenvalue weighted by Crippen LogP contribution is 2.09. The van der Waals surface area contributed by atoms with Gasteiger partial charge in [0.2, 0.25) is 0 Å². The molecule has 0 saturated carbocycles. The van der Waals surface area contributed by atoms with Crippen LogP contribution in [0, 0.1) is 5.82 Å². The quantitative estimate of drug-likeness (QED) is 0.831. The lowest BCUT2D eigenvalue weighted by Crippen LogP contribution is -2.32. The SMILES string of the molecule is NC(CCc1ccccc1)C(=O)OCc1ccccc1F. The molecule has 0 saturated heterocycles. The van der Waals surface area contributed by atoms with Crippen LogP contribution in [0.15, 0.2) is 54.6 Å². The van der Waals surface area contributed by atoms with Crippen LogP contribution in [0.3, 0.4) is 0 Å². The van der Waals surface area contributed by atoms with Crippen molar-refractivity contribution < 1.29 is 13.9 Å². The van der Waals surface area contributed by atoms with E-state index in [0.717, 1.165) is 5.56 Å². The van der Waals surface area contributed by atoms with Crippen LogP contribution >= 0.6 is 0 Å². The summed E-state index contributed by atoms with van der Waals surface area (Å²) in [7, 11) is 0. The average Bonchev–Trinajstić information content (AvgIpc) is 2.52. The Labute approximate surface area is 123 Å². The molecule has 1 atom stereocenters. The maximum Gasteiger partial charge on any atom is 0.323 e. The standard InChI is InChI=1S/C17H18FNO2/c18-15-9-5-4-8-14(15)12-21-17(20)16(19)11-10-13-6-2-1-3-7-13/h1-9,16H,10-12,19H2. The van der Waals surface area contributed by atoms with E-state index in [1.807, 2.05) is 30.3 Å². The smallest absolute Gasteiger partial charge is 0.323 e. The number of carbonyl (C=O) groups excluding carboxylic acids is 1. The first-order valence-electron chi connectivity index (χ1n) is 6.86. The predicted octanol–water partition coefficient (Wildman–Crippen LogP) is 2.83. The molecule has 0 fully saturated rings. The zero-order valence-corrected chi connectivity index (χ0v) is 11.7. The summed E-state index contributed by atoms with van der Waals surface area (Å²) < 4.78 is 18.4. The number of benzene rings is 2. The fourth-order valence-electron chi connectivity index (χ4n) is 1.96. The second kappa shape index (κ2) is 7.55. The summed E-state index contributed by atoms with van der Waals surface area (Å²) in [6.07, 6.45) is 1.21. The first-order chi connectivity index (χ1) is 10.2. The fourth-order valence-corrected chi connectivity index (χ4v) is 1.96. The minimum atomic E-state index is -0.697. The van der Waals surface area contributed by atoms with E-state index in [0.29, 0.717) is 18.4 Å². The average molecular weight is 287 g/mol. The van der Waals surface area contributed by atoms with Gasteiger partial charge in [0.15, 0.2) is 0 Å². The van der Waals surface area contributed by atoms with Gasteiger partial charge in [0.05, 0.1) is 0 Å². The maximum absolute atomic E-state index is 13.4. The molecule has 2 rings (SSSR count). The summed E-state index contributed by atoms with van der Waals surface area (Å²) in [5.41, 5.74) is 7.27. The van der Waals surface area contributed by atoms with Gasteiger partial charge in [-0.3, -0.25) is 4.79 Å². The largest absolute Gasteiger partial charge is 0.460 e. The van der Waals surface area contributed by atoms with Gasteiger partial charge in [-0.05, 0) is 24.5 Å². The molecule has 0 bridgehead atoms. The van der Waals surface area contributed by atoms with Gasteiger partial charge in [-0.15, -0.1) is 0 Å². The van der Waals surface area contributed by atoms with Gasteiger partial charge in [-0.25, -0.2) is 4.39 Å².